The first-order valence-electron chi connectivity index (χ1n) is 6.46. The fraction of sp³-hybridized carbons (Fsp3) is 0.500. The molecule has 5 heteroatoms. The Hall–Kier alpha value is -1.16. The van der Waals surface area contributed by atoms with Gasteiger partial charge in [-0.3, -0.25) is 4.79 Å². The second-order valence-corrected chi connectivity index (χ2v) is 5.35. The van der Waals surface area contributed by atoms with Gasteiger partial charge in [0.25, 0.3) is 0 Å². The number of carbonyl (C=O) groups excluding carboxylic acids is 1. The minimum absolute atomic E-state index is 0.126. The molecule has 2 rings (SSSR count). The predicted molar refractivity (Wildman–Crippen MR) is 70.0 cm³/mol. The van der Waals surface area contributed by atoms with E-state index in [9.17, 15) is 13.6 Å². The summed E-state index contributed by atoms with van der Waals surface area (Å²) in [7, 11) is 0. The van der Waals surface area contributed by atoms with Crippen LogP contribution in [0.3, 0.4) is 0 Å². The van der Waals surface area contributed by atoms with Gasteiger partial charge in [-0.2, -0.15) is 0 Å². The smallest absolute Gasteiger partial charge is 0.242 e. The zero-order valence-electron chi connectivity index (χ0n) is 10.5. The van der Waals surface area contributed by atoms with E-state index < -0.39 is 22.9 Å². The van der Waals surface area contributed by atoms with Crippen LogP contribution in [-0.4, -0.2) is 11.9 Å². The van der Waals surface area contributed by atoms with Gasteiger partial charge < -0.3 is 5.32 Å². The Labute approximate surface area is 116 Å². The molecule has 0 spiro atoms. The molecule has 0 saturated heterocycles. The van der Waals surface area contributed by atoms with Crippen molar-refractivity contribution in [2.75, 3.05) is 0 Å². The van der Waals surface area contributed by atoms with Gasteiger partial charge in [0.15, 0.2) is 0 Å². The normalized spacial score (nSPS) is 18.1. The number of halogens is 3. The molecule has 0 aliphatic heterocycles. The Morgan fingerprint density at radius 3 is 2.32 bits per heavy atom. The van der Waals surface area contributed by atoms with Crippen LogP contribution in [0.1, 0.15) is 43.0 Å². The maximum Gasteiger partial charge on any atom is 0.242 e. The van der Waals surface area contributed by atoms with E-state index in [1.807, 2.05) is 0 Å². The number of benzene rings is 1. The van der Waals surface area contributed by atoms with Crippen LogP contribution >= 0.6 is 11.6 Å². The highest BCUT2D eigenvalue weighted by molar-refractivity contribution is 6.30. The molecule has 1 N–H and O–H groups in total. The first-order chi connectivity index (χ1) is 9.06. The Kier molecular flexibility index (Phi) is 4.75. The summed E-state index contributed by atoms with van der Waals surface area (Å²) in [5.74, 6) is -1.85. The lowest BCUT2D eigenvalue weighted by Crippen LogP contribution is -2.38. The lowest BCUT2D eigenvalue weighted by Gasteiger charge is -2.24. The number of carbonyl (C=O) groups is 1. The van der Waals surface area contributed by atoms with Gasteiger partial charge in [0.2, 0.25) is 5.91 Å². The van der Waals surface area contributed by atoms with Crippen LogP contribution in [0, 0.1) is 11.6 Å². The molecular weight excluding hydrogens is 272 g/mol. The summed E-state index contributed by atoms with van der Waals surface area (Å²) in [5, 5.41) is 1.78. The summed E-state index contributed by atoms with van der Waals surface area (Å²) >= 11 is 5.97. The number of amides is 1. The molecule has 1 aromatic rings. The van der Waals surface area contributed by atoms with Gasteiger partial charge in [0.1, 0.15) is 17.0 Å². The molecule has 1 aliphatic carbocycles. The van der Waals surface area contributed by atoms with E-state index >= 15 is 0 Å². The molecule has 19 heavy (non-hydrogen) atoms. The molecule has 0 radical (unpaired) electrons. The van der Waals surface area contributed by atoms with Gasteiger partial charge in [-0.1, -0.05) is 19.3 Å². The molecule has 1 unspecified atom stereocenters. The fourth-order valence-electron chi connectivity index (χ4n) is 2.39. The van der Waals surface area contributed by atoms with E-state index in [0.29, 0.717) is 0 Å². The first-order valence-corrected chi connectivity index (χ1v) is 6.90. The highest BCUT2D eigenvalue weighted by Crippen LogP contribution is 2.24. The average molecular weight is 288 g/mol. The maximum atomic E-state index is 13.1. The third-order valence-corrected chi connectivity index (χ3v) is 3.81. The quantitative estimate of drug-likeness (QED) is 0.844. The second-order valence-electron chi connectivity index (χ2n) is 4.91. The highest BCUT2D eigenvalue weighted by Gasteiger charge is 2.23. The van der Waals surface area contributed by atoms with Crippen molar-refractivity contribution in [3.63, 3.8) is 0 Å². The van der Waals surface area contributed by atoms with Crippen molar-refractivity contribution in [3.05, 3.63) is 35.4 Å². The maximum absolute atomic E-state index is 13.1. The monoisotopic (exact) mass is 287 g/mol. The molecule has 0 heterocycles. The fourth-order valence-corrected chi connectivity index (χ4v) is 2.58. The van der Waals surface area contributed by atoms with E-state index in [1.54, 1.807) is 0 Å². The number of hydrogen-bond donors (Lipinski definition) is 1. The van der Waals surface area contributed by atoms with Crippen LogP contribution in [-0.2, 0) is 4.79 Å². The Morgan fingerprint density at radius 1 is 1.16 bits per heavy atom. The minimum atomic E-state index is -1.06. The van der Waals surface area contributed by atoms with Crippen LogP contribution in [0.5, 0.6) is 0 Å². The summed E-state index contributed by atoms with van der Waals surface area (Å²) in [4.78, 5) is 11.9. The van der Waals surface area contributed by atoms with Crippen LogP contribution in [0.2, 0.25) is 0 Å². The van der Waals surface area contributed by atoms with Crippen LogP contribution in [0.15, 0.2) is 18.2 Å². The van der Waals surface area contributed by atoms with E-state index in [4.69, 9.17) is 11.6 Å². The van der Waals surface area contributed by atoms with Gasteiger partial charge in [-0.05, 0) is 30.5 Å². The summed E-state index contributed by atoms with van der Waals surface area (Å²) in [6, 6.07) is 3.05. The number of nitrogens with one attached hydrogen (secondary N) is 1. The Bertz CT molecular complexity index is 441. The van der Waals surface area contributed by atoms with Gasteiger partial charge in [0, 0.05) is 12.1 Å². The van der Waals surface area contributed by atoms with Crippen LogP contribution in [0.25, 0.3) is 0 Å². The summed E-state index contributed by atoms with van der Waals surface area (Å²) in [6.45, 7) is 0. The topological polar surface area (TPSA) is 29.1 Å². The summed E-state index contributed by atoms with van der Waals surface area (Å²) < 4.78 is 26.2. The number of hydrogen-bond acceptors (Lipinski definition) is 1. The predicted octanol–water partition coefficient (Wildman–Crippen LogP) is 3.69. The van der Waals surface area contributed by atoms with Crippen molar-refractivity contribution in [2.24, 2.45) is 0 Å². The van der Waals surface area contributed by atoms with Crippen molar-refractivity contribution in [1.82, 2.24) is 5.32 Å². The lowest BCUT2D eigenvalue weighted by molar-refractivity contribution is -0.121. The molecular formula is C14H16ClF2NO. The first kappa shape index (κ1) is 14.3. The zero-order valence-corrected chi connectivity index (χ0v) is 11.2. The van der Waals surface area contributed by atoms with E-state index in [1.165, 1.54) is 6.42 Å². The zero-order chi connectivity index (χ0) is 13.8. The van der Waals surface area contributed by atoms with Crippen molar-refractivity contribution in [1.29, 1.82) is 0 Å². The third kappa shape index (κ3) is 3.90. The van der Waals surface area contributed by atoms with E-state index in [0.717, 1.165) is 43.9 Å². The third-order valence-electron chi connectivity index (χ3n) is 3.36. The molecule has 1 atom stereocenters. The molecule has 0 bridgehead atoms. The molecule has 1 aliphatic rings. The Morgan fingerprint density at radius 2 is 1.74 bits per heavy atom. The molecule has 1 amide bonds. The van der Waals surface area contributed by atoms with Gasteiger partial charge in [0.05, 0.1) is 0 Å². The highest BCUT2D eigenvalue weighted by atomic mass is 35.5. The van der Waals surface area contributed by atoms with E-state index in [2.05, 4.69) is 5.32 Å². The average Bonchev–Trinajstić information content (AvgIpc) is 2.37. The summed E-state index contributed by atoms with van der Waals surface area (Å²) in [5.41, 5.74) is 0.146. The van der Waals surface area contributed by atoms with Crippen molar-refractivity contribution in [3.8, 4) is 0 Å². The minimum Gasteiger partial charge on any atom is -0.352 e. The van der Waals surface area contributed by atoms with Crippen LogP contribution in [0.4, 0.5) is 8.78 Å². The molecule has 1 fully saturated rings. The van der Waals surface area contributed by atoms with E-state index in [-0.39, 0.29) is 11.6 Å². The van der Waals surface area contributed by atoms with Gasteiger partial charge >= 0.3 is 0 Å². The number of rotatable bonds is 3. The second kappa shape index (κ2) is 6.33. The summed E-state index contributed by atoms with van der Waals surface area (Å²) in [6.07, 6.45) is 5.24. The molecule has 1 saturated carbocycles. The van der Waals surface area contributed by atoms with Gasteiger partial charge in [-0.15, -0.1) is 11.6 Å². The van der Waals surface area contributed by atoms with Crippen LogP contribution < -0.4 is 5.32 Å². The largest absolute Gasteiger partial charge is 0.352 e. The van der Waals surface area contributed by atoms with Crippen molar-refractivity contribution < 1.29 is 13.6 Å². The molecule has 1 aromatic carbocycles. The number of alkyl halides is 1. The molecule has 0 aromatic heterocycles. The Balaban J connectivity index is 2.01. The van der Waals surface area contributed by atoms with Crippen molar-refractivity contribution >= 4 is 17.5 Å². The SMILES string of the molecule is O=C(NC1CCCCC1)C(Cl)c1cc(F)cc(F)c1. The lowest BCUT2D eigenvalue weighted by atomic mass is 9.95. The van der Waals surface area contributed by atoms with Gasteiger partial charge in [-0.25, -0.2) is 8.78 Å². The molecule has 104 valence electrons. The van der Waals surface area contributed by atoms with Crippen molar-refractivity contribution in [2.45, 2.75) is 43.5 Å². The standard InChI is InChI=1S/C14H16ClF2NO/c15-13(9-6-10(16)8-11(17)7-9)14(19)18-12-4-2-1-3-5-12/h6-8,12-13H,1-5H2,(H,18,19). The molecule has 2 nitrogen and oxygen atoms in total.